The van der Waals surface area contributed by atoms with Crippen LogP contribution in [0.15, 0.2) is 18.2 Å². The van der Waals surface area contributed by atoms with Crippen molar-refractivity contribution in [1.82, 2.24) is 15.1 Å². The smallest absolute Gasteiger partial charge is 0.262 e. The lowest BCUT2D eigenvalue weighted by Gasteiger charge is -2.36. The predicted octanol–water partition coefficient (Wildman–Crippen LogP) is -0.0272. The predicted molar refractivity (Wildman–Crippen MR) is 112 cm³/mol. The molecule has 3 saturated heterocycles. The van der Waals surface area contributed by atoms with Gasteiger partial charge in [-0.15, -0.1) is 0 Å². The van der Waals surface area contributed by atoms with Gasteiger partial charge >= 0.3 is 0 Å². The summed E-state index contributed by atoms with van der Waals surface area (Å²) in [6, 6.07) is 4.32. The summed E-state index contributed by atoms with van der Waals surface area (Å²) in [5.41, 5.74) is 1.51. The number of anilines is 1. The van der Waals surface area contributed by atoms with Crippen molar-refractivity contribution in [3.8, 4) is 0 Å². The van der Waals surface area contributed by atoms with Gasteiger partial charge in [-0.1, -0.05) is 0 Å². The third-order valence-corrected chi connectivity index (χ3v) is 6.53. The molecule has 0 aliphatic carbocycles. The number of nitrogens with one attached hydrogen (secondary N) is 1. The zero-order valence-electron chi connectivity index (χ0n) is 17.7. The van der Waals surface area contributed by atoms with Crippen LogP contribution >= 0.6 is 0 Å². The van der Waals surface area contributed by atoms with Crippen LogP contribution in [0.1, 0.15) is 40.0 Å². The summed E-state index contributed by atoms with van der Waals surface area (Å²) in [5.74, 6) is -1.93. The lowest BCUT2D eigenvalue weighted by atomic mass is 10.0. The topological polar surface area (TPSA) is 108 Å². The number of nitrogens with zero attached hydrogens (tertiary/aromatic N) is 3. The van der Waals surface area contributed by atoms with E-state index in [2.05, 4.69) is 15.1 Å². The molecule has 1 N–H and O–H groups in total. The maximum Gasteiger partial charge on any atom is 0.262 e. The summed E-state index contributed by atoms with van der Waals surface area (Å²) in [5, 5.41) is 2.22. The zero-order valence-corrected chi connectivity index (χ0v) is 17.7. The highest BCUT2D eigenvalue weighted by molar-refractivity contribution is 6.23. The number of hydrogen-bond donors (Lipinski definition) is 1. The van der Waals surface area contributed by atoms with Gasteiger partial charge in [0.25, 0.3) is 11.8 Å². The maximum absolute atomic E-state index is 13.0. The summed E-state index contributed by atoms with van der Waals surface area (Å²) in [6.45, 7) is 5.64. The number of fused-ring (bicyclic) bond motifs is 1. The van der Waals surface area contributed by atoms with Gasteiger partial charge in [-0.05, 0) is 24.6 Å². The molecule has 1 aromatic carbocycles. The van der Waals surface area contributed by atoms with Gasteiger partial charge in [0, 0.05) is 51.3 Å². The van der Waals surface area contributed by atoms with Crippen molar-refractivity contribution in [2.45, 2.75) is 31.6 Å². The van der Waals surface area contributed by atoms with Crippen LogP contribution in [0.2, 0.25) is 0 Å². The molecule has 0 aromatic heterocycles. The second kappa shape index (κ2) is 8.61. The fraction of sp³-hybridized carbons (Fsp3) is 0.545. The number of ether oxygens (including phenoxy) is 2. The van der Waals surface area contributed by atoms with Gasteiger partial charge in [-0.3, -0.25) is 34.3 Å². The molecule has 0 bridgehead atoms. The van der Waals surface area contributed by atoms with E-state index in [4.69, 9.17) is 9.47 Å². The van der Waals surface area contributed by atoms with E-state index in [1.165, 1.54) is 0 Å². The Labute approximate surface area is 185 Å². The van der Waals surface area contributed by atoms with Gasteiger partial charge in [0.05, 0.1) is 24.3 Å². The molecule has 4 aliphatic rings. The van der Waals surface area contributed by atoms with Crippen molar-refractivity contribution in [3.63, 3.8) is 0 Å². The van der Waals surface area contributed by atoms with Gasteiger partial charge in [0.15, 0.2) is 6.29 Å². The lowest BCUT2D eigenvalue weighted by Crippen LogP contribution is -2.54. The Morgan fingerprint density at radius 3 is 2.38 bits per heavy atom. The summed E-state index contributed by atoms with van der Waals surface area (Å²) in [7, 11) is 0. The maximum atomic E-state index is 13.0. The van der Waals surface area contributed by atoms with Crippen LogP contribution in [-0.4, -0.2) is 91.7 Å². The number of carbonyl (C=O) groups is 4. The third-order valence-electron chi connectivity index (χ3n) is 6.53. The molecule has 0 saturated carbocycles. The molecule has 10 nitrogen and oxygen atoms in total. The van der Waals surface area contributed by atoms with Crippen molar-refractivity contribution in [2.24, 2.45) is 0 Å². The second-order valence-electron chi connectivity index (χ2n) is 8.47. The molecule has 170 valence electrons. The first-order chi connectivity index (χ1) is 15.5. The highest BCUT2D eigenvalue weighted by Crippen LogP contribution is 2.31. The average Bonchev–Trinajstić information content (AvgIpc) is 3.40. The van der Waals surface area contributed by atoms with Crippen LogP contribution in [0.3, 0.4) is 0 Å². The van der Waals surface area contributed by atoms with Crippen molar-refractivity contribution in [2.75, 3.05) is 50.8 Å². The van der Waals surface area contributed by atoms with E-state index in [9.17, 15) is 19.2 Å². The van der Waals surface area contributed by atoms with Crippen molar-refractivity contribution in [1.29, 1.82) is 0 Å². The van der Waals surface area contributed by atoms with Gasteiger partial charge in [0.2, 0.25) is 11.8 Å². The molecule has 4 amide bonds. The fourth-order valence-electron chi connectivity index (χ4n) is 4.75. The number of hydrogen-bond acceptors (Lipinski definition) is 8. The number of piperazine rings is 1. The zero-order chi connectivity index (χ0) is 22.2. The molecule has 4 heterocycles. The molecular weight excluding hydrogens is 416 g/mol. The number of amides is 4. The Hall–Kier alpha value is -2.82. The normalized spacial score (nSPS) is 24.9. The summed E-state index contributed by atoms with van der Waals surface area (Å²) in [4.78, 5) is 55.1. The molecule has 3 fully saturated rings. The molecule has 10 heteroatoms. The Balaban J connectivity index is 1.23. The lowest BCUT2D eigenvalue weighted by molar-refractivity contribution is -0.136. The molecule has 0 spiro atoms. The monoisotopic (exact) mass is 442 g/mol. The second-order valence-corrected chi connectivity index (χ2v) is 8.47. The van der Waals surface area contributed by atoms with Crippen LogP contribution in [-0.2, 0) is 19.1 Å². The van der Waals surface area contributed by atoms with Crippen molar-refractivity contribution >= 4 is 29.3 Å². The summed E-state index contributed by atoms with van der Waals surface area (Å²) in [6.07, 6.45) is 1.02. The summed E-state index contributed by atoms with van der Waals surface area (Å²) >= 11 is 0. The Bertz CT molecular complexity index is 952. The molecule has 0 radical (unpaired) electrons. The minimum absolute atomic E-state index is 0.0967. The molecule has 1 aromatic rings. The minimum atomic E-state index is -0.945. The van der Waals surface area contributed by atoms with Crippen molar-refractivity contribution in [3.05, 3.63) is 29.3 Å². The number of carbonyl (C=O) groups excluding carboxylic acids is 4. The Kier molecular flexibility index (Phi) is 5.66. The minimum Gasteiger partial charge on any atom is -0.369 e. The highest BCUT2D eigenvalue weighted by atomic mass is 16.7. The van der Waals surface area contributed by atoms with Crippen LogP contribution < -0.4 is 10.2 Å². The Morgan fingerprint density at radius 1 is 0.938 bits per heavy atom. The van der Waals surface area contributed by atoms with E-state index in [-0.39, 0.29) is 25.0 Å². The molecule has 4 aliphatic heterocycles. The molecule has 32 heavy (non-hydrogen) atoms. The Morgan fingerprint density at radius 2 is 1.66 bits per heavy atom. The van der Waals surface area contributed by atoms with Crippen molar-refractivity contribution < 1.29 is 28.7 Å². The number of piperidine rings is 1. The standard InChI is InChI=1S/C22H26N4O6/c27-18-4-3-17(20(28)23-18)26-21(29)15-2-1-14(13-16(15)22(26)30)25-9-7-24(8-10-25)6-5-19-31-11-12-32-19/h1-2,13,17,19H,3-12H2,(H,23,27,28). The van der Waals surface area contributed by atoms with Crippen LogP contribution in [0.4, 0.5) is 5.69 Å². The first-order valence-electron chi connectivity index (χ1n) is 11.1. The fourth-order valence-corrected chi connectivity index (χ4v) is 4.75. The average molecular weight is 442 g/mol. The van der Waals surface area contributed by atoms with E-state index in [1.54, 1.807) is 12.1 Å². The van der Waals surface area contributed by atoms with Gasteiger partial charge in [-0.25, -0.2) is 0 Å². The van der Waals surface area contributed by atoms with E-state index in [1.807, 2.05) is 6.07 Å². The van der Waals surface area contributed by atoms with E-state index < -0.39 is 23.8 Å². The molecule has 1 unspecified atom stereocenters. The highest BCUT2D eigenvalue weighted by Gasteiger charge is 2.44. The third kappa shape index (κ3) is 3.89. The van der Waals surface area contributed by atoms with Crippen LogP contribution in [0, 0.1) is 0 Å². The molecular formula is C22H26N4O6. The van der Waals surface area contributed by atoms with Crippen LogP contribution in [0.5, 0.6) is 0 Å². The molecule has 1 atom stereocenters. The van der Waals surface area contributed by atoms with E-state index in [0.717, 1.165) is 49.7 Å². The van der Waals surface area contributed by atoms with E-state index >= 15 is 0 Å². The first-order valence-corrected chi connectivity index (χ1v) is 11.1. The van der Waals surface area contributed by atoms with Gasteiger partial charge in [0.1, 0.15) is 6.04 Å². The largest absolute Gasteiger partial charge is 0.369 e. The SMILES string of the molecule is O=C1CCC(N2C(=O)c3ccc(N4CCN(CCC5OCCO5)CC4)cc3C2=O)C(=O)N1. The summed E-state index contributed by atoms with van der Waals surface area (Å²) < 4.78 is 11.0. The first kappa shape index (κ1) is 21.0. The van der Waals surface area contributed by atoms with Gasteiger partial charge in [-0.2, -0.15) is 0 Å². The molecule has 5 rings (SSSR count). The van der Waals surface area contributed by atoms with E-state index in [0.29, 0.717) is 24.3 Å². The number of benzene rings is 1. The quantitative estimate of drug-likeness (QED) is 0.634. The van der Waals surface area contributed by atoms with Gasteiger partial charge < -0.3 is 14.4 Å². The number of rotatable bonds is 5. The van der Waals surface area contributed by atoms with Crippen LogP contribution in [0.25, 0.3) is 0 Å². The number of imide groups is 2.